The Bertz CT molecular complexity index is 585. The van der Waals surface area contributed by atoms with Gasteiger partial charge in [0.05, 0.1) is 10.6 Å². The van der Waals surface area contributed by atoms with Crippen molar-refractivity contribution in [1.29, 1.82) is 0 Å². The van der Waals surface area contributed by atoms with Crippen LogP contribution in [-0.4, -0.2) is 5.11 Å². The quantitative estimate of drug-likeness (QED) is 0.887. The minimum Gasteiger partial charge on any atom is -0.388 e. The molecule has 2 aromatic carbocycles. The zero-order valence-corrected chi connectivity index (χ0v) is 11.8. The first kappa shape index (κ1) is 12.8. The van der Waals surface area contributed by atoms with Crippen LogP contribution in [0.15, 0.2) is 53.0 Å². The lowest BCUT2D eigenvalue weighted by Gasteiger charge is -2.11. The van der Waals surface area contributed by atoms with Gasteiger partial charge in [0.25, 0.3) is 0 Å². The van der Waals surface area contributed by atoms with Crippen LogP contribution < -0.4 is 0 Å². The maximum atomic E-state index is 13.5. The zero-order chi connectivity index (χ0) is 13.4. The number of rotatable bonds is 3. The number of hydrogen-bond acceptors (Lipinski definition) is 1. The van der Waals surface area contributed by atoms with Gasteiger partial charge in [0.15, 0.2) is 0 Å². The highest BCUT2D eigenvalue weighted by molar-refractivity contribution is 9.10. The van der Waals surface area contributed by atoms with Crippen LogP contribution in [0.1, 0.15) is 29.6 Å². The van der Waals surface area contributed by atoms with Gasteiger partial charge < -0.3 is 5.11 Å². The maximum Gasteiger partial charge on any atom is 0.137 e. The highest BCUT2D eigenvalue weighted by Crippen LogP contribution is 2.54. The van der Waals surface area contributed by atoms with Crippen molar-refractivity contribution in [3.05, 3.63) is 69.9 Å². The minimum atomic E-state index is -0.590. The van der Waals surface area contributed by atoms with Crippen LogP contribution in [0, 0.1) is 11.7 Å². The van der Waals surface area contributed by atoms with E-state index in [1.807, 2.05) is 18.2 Å². The predicted octanol–water partition coefficient (Wildman–Crippen LogP) is 4.43. The summed E-state index contributed by atoms with van der Waals surface area (Å²) in [6.07, 6.45) is 0.371. The Labute approximate surface area is 120 Å². The first-order chi connectivity index (χ1) is 9.16. The van der Waals surface area contributed by atoms with E-state index in [0.717, 1.165) is 6.42 Å². The Kier molecular flexibility index (Phi) is 3.42. The molecule has 0 radical (unpaired) electrons. The van der Waals surface area contributed by atoms with Gasteiger partial charge >= 0.3 is 0 Å². The van der Waals surface area contributed by atoms with E-state index in [1.54, 1.807) is 12.1 Å². The molecule has 1 aliphatic rings. The first-order valence-electron chi connectivity index (χ1n) is 6.35. The number of halogens is 2. The fourth-order valence-electron chi connectivity index (χ4n) is 2.59. The molecule has 3 rings (SSSR count). The van der Waals surface area contributed by atoms with E-state index in [1.165, 1.54) is 11.6 Å². The van der Waals surface area contributed by atoms with E-state index in [4.69, 9.17) is 0 Å². The van der Waals surface area contributed by atoms with E-state index in [-0.39, 0.29) is 11.7 Å². The summed E-state index contributed by atoms with van der Waals surface area (Å²) in [7, 11) is 0. The smallest absolute Gasteiger partial charge is 0.137 e. The lowest BCUT2D eigenvalue weighted by molar-refractivity contribution is 0.151. The molecular weight excluding hydrogens is 307 g/mol. The molecule has 1 fully saturated rings. The highest BCUT2D eigenvalue weighted by atomic mass is 79.9. The number of hydrogen-bond donors (Lipinski definition) is 1. The van der Waals surface area contributed by atoms with Crippen LogP contribution in [0.25, 0.3) is 0 Å². The summed E-state index contributed by atoms with van der Waals surface area (Å²) >= 11 is 3.12. The van der Waals surface area contributed by atoms with E-state index in [9.17, 15) is 9.50 Å². The van der Waals surface area contributed by atoms with Crippen LogP contribution >= 0.6 is 15.9 Å². The van der Waals surface area contributed by atoms with Gasteiger partial charge in [0.2, 0.25) is 0 Å². The van der Waals surface area contributed by atoms with Crippen LogP contribution in [0.2, 0.25) is 0 Å². The summed E-state index contributed by atoms with van der Waals surface area (Å²) in [6.45, 7) is 0. The topological polar surface area (TPSA) is 20.2 Å². The molecule has 0 bridgehead atoms. The van der Waals surface area contributed by atoms with Crippen molar-refractivity contribution >= 4 is 15.9 Å². The van der Waals surface area contributed by atoms with Crippen molar-refractivity contribution in [3.8, 4) is 0 Å². The Morgan fingerprint density at radius 2 is 1.89 bits per heavy atom. The Balaban J connectivity index is 1.76. The van der Waals surface area contributed by atoms with Gasteiger partial charge in [0.1, 0.15) is 5.82 Å². The molecule has 0 saturated heterocycles. The second-order valence-electron chi connectivity index (χ2n) is 5.04. The molecule has 1 saturated carbocycles. The van der Waals surface area contributed by atoms with E-state index in [0.29, 0.717) is 16.0 Å². The molecule has 0 aliphatic heterocycles. The second kappa shape index (κ2) is 5.06. The van der Waals surface area contributed by atoms with Crippen LogP contribution in [0.5, 0.6) is 0 Å². The number of aliphatic hydroxyl groups is 1. The third-order valence-corrected chi connectivity index (χ3v) is 4.40. The van der Waals surface area contributed by atoms with Crippen molar-refractivity contribution in [2.45, 2.75) is 18.4 Å². The molecule has 3 heteroatoms. The van der Waals surface area contributed by atoms with E-state index in [2.05, 4.69) is 28.1 Å². The number of benzene rings is 2. The molecule has 3 unspecified atom stereocenters. The molecule has 1 N–H and O–H groups in total. The molecule has 0 spiro atoms. The SMILES string of the molecule is OC(c1ccc(Br)c(F)c1)C1CC1c1ccccc1. The Hall–Kier alpha value is -1.19. The van der Waals surface area contributed by atoms with Crippen molar-refractivity contribution in [3.63, 3.8) is 0 Å². The average molecular weight is 321 g/mol. The molecule has 0 amide bonds. The van der Waals surface area contributed by atoms with Gasteiger partial charge in [-0.1, -0.05) is 36.4 Å². The molecule has 19 heavy (non-hydrogen) atoms. The third kappa shape index (κ3) is 2.58. The van der Waals surface area contributed by atoms with Crippen LogP contribution in [-0.2, 0) is 0 Å². The van der Waals surface area contributed by atoms with Gasteiger partial charge in [-0.05, 0) is 57.4 Å². The van der Waals surface area contributed by atoms with Gasteiger partial charge in [-0.15, -0.1) is 0 Å². The van der Waals surface area contributed by atoms with Gasteiger partial charge in [-0.2, -0.15) is 0 Å². The normalized spacial score (nSPS) is 23.1. The zero-order valence-electron chi connectivity index (χ0n) is 10.3. The van der Waals surface area contributed by atoms with Crippen molar-refractivity contribution < 1.29 is 9.50 Å². The third-order valence-electron chi connectivity index (χ3n) is 3.76. The van der Waals surface area contributed by atoms with Crippen molar-refractivity contribution in [2.24, 2.45) is 5.92 Å². The van der Waals surface area contributed by atoms with E-state index < -0.39 is 6.10 Å². The summed E-state index contributed by atoms with van der Waals surface area (Å²) in [5.41, 5.74) is 1.91. The lowest BCUT2D eigenvalue weighted by atomic mass is 10.0. The maximum absolute atomic E-state index is 13.5. The van der Waals surface area contributed by atoms with Crippen molar-refractivity contribution in [1.82, 2.24) is 0 Å². The number of aliphatic hydroxyl groups excluding tert-OH is 1. The molecule has 98 valence electrons. The van der Waals surface area contributed by atoms with Crippen molar-refractivity contribution in [2.75, 3.05) is 0 Å². The summed E-state index contributed by atoms with van der Waals surface area (Å²) in [5.74, 6) is 0.263. The molecule has 0 aromatic heterocycles. The molecule has 0 heterocycles. The summed E-state index contributed by atoms with van der Waals surface area (Å²) in [4.78, 5) is 0. The minimum absolute atomic E-state index is 0.197. The molecular formula is C16H14BrFO. The van der Waals surface area contributed by atoms with Crippen LogP contribution in [0.4, 0.5) is 4.39 Å². The summed E-state index contributed by atoms with van der Waals surface area (Å²) < 4.78 is 13.9. The van der Waals surface area contributed by atoms with E-state index >= 15 is 0 Å². The molecule has 3 atom stereocenters. The largest absolute Gasteiger partial charge is 0.388 e. The second-order valence-corrected chi connectivity index (χ2v) is 5.89. The summed E-state index contributed by atoms with van der Waals surface area (Å²) in [6, 6.07) is 15.0. The van der Waals surface area contributed by atoms with Gasteiger partial charge in [0, 0.05) is 0 Å². The predicted molar refractivity (Wildman–Crippen MR) is 76.3 cm³/mol. The first-order valence-corrected chi connectivity index (χ1v) is 7.14. The fraction of sp³-hybridized carbons (Fsp3) is 0.250. The van der Waals surface area contributed by atoms with Gasteiger partial charge in [-0.3, -0.25) is 0 Å². The Morgan fingerprint density at radius 1 is 1.16 bits per heavy atom. The monoisotopic (exact) mass is 320 g/mol. The van der Waals surface area contributed by atoms with Crippen LogP contribution in [0.3, 0.4) is 0 Å². The molecule has 1 nitrogen and oxygen atoms in total. The Morgan fingerprint density at radius 3 is 2.58 bits per heavy atom. The van der Waals surface area contributed by atoms with Gasteiger partial charge in [-0.25, -0.2) is 4.39 Å². The summed E-state index contributed by atoms with van der Waals surface area (Å²) in [5, 5.41) is 10.3. The fourth-order valence-corrected chi connectivity index (χ4v) is 2.84. The average Bonchev–Trinajstić information content (AvgIpc) is 3.22. The molecule has 2 aromatic rings. The lowest BCUT2D eigenvalue weighted by Crippen LogP contribution is -2.02. The highest BCUT2D eigenvalue weighted by Gasteiger charge is 2.43. The standard InChI is InChI=1S/C16H14BrFO/c17-14-7-6-11(8-15(14)18)16(19)13-9-12(13)10-4-2-1-3-5-10/h1-8,12-13,16,19H,9H2. The molecule has 1 aliphatic carbocycles.